The lowest BCUT2D eigenvalue weighted by Crippen LogP contribution is -2.54. The fourth-order valence-electron chi connectivity index (χ4n) is 2.59. The second-order valence-corrected chi connectivity index (χ2v) is 8.71. The topological polar surface area (TPSA) is 83.5 Å². The highest BCUT2D eigenvalue weighted by Gasteiger charge is 2.28. The van der Waals surface area contributed by atoms with Crippen LogP contribution in [0.25, 0.3) is 0 Å². The normalized spacial score (nSPS) is 17.4. The molecule has 12 heteroatoms. The quantitative estimate of drug-likeness (QED) is 0.314. The number of hydrogen-bond donors (Lipinski definition) is 1. The van der Waals surface area contributed by atoms with Crippen LogP contribution >= 0.6 is 0 Å². The van der Waals surface area contributed by atoms with E-state index in [4.69, 9.17) is 4.74 Å². The van der Waals surface area contributed by atoms with Crippen molar-refractivity contribution < 1.29 is 31.1 Å². The van der Waals surface area contributed by atoms with Crippen LogP contribution in [0, 0.1) is 0 Å². The molecule has 1 fully saturated rings. The number of rotatable bonds is 10. The highest BCUT2D eigenvalue weighted by Crippen LogP contribution is 2.14. The monoisotopic (exact) mass is 432 g/mol. The number of guanidine groups is 1. The second-order valence-electron chi connectivity index (χ2n) is 6.62. The van der Waals surface area contributed by atoms with Gasteiger partial charge in [-0.05, 0) is 20.3 Å². The van der Waals surface area contributed by atoms with Crippen molar-refractivity contribution >= 4 is 16.0 Å². The molecule has 0 aliphatic carbocycles. The van der Waals surface area contributed by atoms with Gasteiger partial charge in [0.1, 0.15) is 6.61 Å². The van der Waals surface area contributed by atoms with Crippen molar-refractivity contribution in [3.05, 3.63) is 0 Å². The van der Waals surface area contributed by atoms with E-state index < -0.39 is 22.8 Å². The summed E-state index contributed by atoms with van der Waals surface area (Å²) < 4.78 is 72.0. The van der Waals surface area contributed by atoms with Crippen molar-refractivity contribution in [1.82, 2.24) is 14.5 Å². The minimum Gasteiger partial charge on any atom is -0.378 e. The van der Waals surface area contributed by atoms with Gasteiger partial charge in [-0.3, -0.25) is 4.99 Å². The molecule has 1 aliphatic rings. The molecule has 0 atom stereocenters. The number of halogens is 3. The van der Waals surface area contributed by atoms with Crippen molar-refractivity contribution in [2.24, 2.45) is 4.99 Å². The molecule has 0 aromatic heterocycles. The SMILES string of the molecule is CN=C(NCCCOCC(F)(F)F)N1CCN(S(=O)(=O)CCOC(C)C)CC1. The summed E-state index contributed by atoms with van der Waals surface area (Å²) >= 11 is 0. The number of aliphatic imine (C=N–C) groups is 1. The molecule has 1 N–H and O–H groups in total. The lowest BCUT2D eigenvalue weighted by Gasteiger charge is -2.35. The Labute approximate surface area is 165 Å². The number of alkyl halides is 3. The summed E-state index contributed by atoms with van der Waals surface area (Å²) in [4.78, 5) is 6.07. The first-order chi connectivity index (χ1) is 13.0. The maximum atomic E-state index is 12.3. The fourth-order valence-corrected chi connectivity index (χ4v) is 3.88. The van der Waals surface area contributed by atoms with Crippen molar-refractivity contribution in [1.29, 1.82) is 0 Å². The van der Waals surface area contributed by atoms with Gasteiger partial charge in [-0.15, -0.1) is 0 Å². The van der Waals surface area contributed by atoms with E-state index in [0.29, 0.717) is 45.1 Å². The zero-order chi connectivity index (χ0) is 21.2. The van der Waals surface area contributed by atoms with Crippen molar-refractivity contribution in [2.75, 3.05) is 65.3 Å². The number of hydrogen-bond acceptors (Lipinski definition) is 5. The first-order valence-corrected chi connectivity index (χ1v) is 10.9. The second kappa shape index (κ2) is 11.8. The lowest BCUT2D eigenvalue weighted by molar-refractivity contribution is -0.173. The molecule has 0 aromatic rings. The Morgan fingerprint density at radius 1 is 1.18 bits per heavy atom. The van der Waals surface area contributed by atoms with Gasteiger partial charge in [0.15, 0.2) is 5.96 Å². The lowest BCUT2D eigenvalue weighted by atomic mass is 10.4. The zero-order valence-corrected chi connectivity index (χ0v) is 17.5. The molecular weight excluding hydrogens is 401 g/mol. The number of nitrogens with zero attached hydrogens (tertiary/aromatic N) is 3. The van der Waals surface area contributed by atoms with Crippen LogP contribution in [0.15, 0.2) is 4.99 Å². The molecule has 1 aliphatic heterocycles. The molecule has 0 spiro atoms. The Morgan fingerprint density at radius 3 is 2.36 bits per heavy atom. The Morgan fingerprint density at radius 2 is 1.82 bits per heavy atom. The van der Waals surface area contributed by atoms with Gasteiger partial charge in [-0.25, -0.2) is 8.42 Å². The van der Waals surface area contributed by atoms with Crippen LogP contribution < -0.4 is 5.32 Å². The highest BCUT2D eigenvalue weighted by atomic mass is 32.2. The van der Waals surface area contributed by atoms with Gasteiger partial charge < -0.3 is 19.7 Å². The maximum Gasteiger partial charge on any atom is 0.411 e. The molecule has 0 aromatic carbocycles. The third-order valence-electron chi connectivity index (χ3n) is 3.95. The van der Waals surface area contributed by atoms with Gasteiger partial charge in [0, 0.05) is 46.4 Å². The Bertz CT molecular complexity index is 577. The summed E-state index contributed by atoms with van der Waals surface area (Å²) in [5.74, 6) is 0.548. The summed E-state index contributed by atoms with van der Waals surface area (Å²) in [7, 11) is -1.76. The van der Waals surface area contributed by atoms with Gasteiger partial charge in [-0.2, -0.15) is 17.5 Å². The Hall–Kier alpha value is -1.11. The number of piperazine rings is 1. The molecule has 1 rings (SSSR count). The van der Waals surface area contributed by atoms with Crippen LogP contribution in [0.5, 0.6) is 0 Å². The minimum atomic E-state index is -4.32. The maximum absolute atomic E-state index is 12.3. The van der Waals surface area contributed by atoms with Crippen molar-refractivity contribution in [3.63, 3.8) is 0 Å². The van der Waals surface area contributed by atoms with Crippen LogP contribution in [0.4, 0.5) is 13.2 Å². The Kier molecular flexibility index (Phi) is 10.5. The van der Waals surface area contributed by atoms with Crippen LogP contribution in [0.1, 0.15) is 20.3 Å². The van der Waals surface area contributed by atoms with E-state index >= 15 is 0 Å². The third kappa shape index (κ3) is 9.89. The summed E-state index contributed by atoms with van der Waals surface area (Å²) in [6.07, 6.45) is -3.93. The van der Waals surface area contributed by atoms with Gasteiger partial charge >= 0.3 is 6.18 Å². The molecule has 28 heavy (non-hydrogen) atoms. The average molecular weight is 433 g/mol. The highest BCUT2D eigenvalue weighted by molar-refractivity contribution is 7.89. The minimum absolute atomic E-state index is 0.00598. The molecule has 1 saturated heterocycles. The van der Waals surface area contributed by atoms with Crippen LogP contribution in [-0.2, 0) is 19.5 Å². The summed E-state index contributed by atoms with van der Waals surface area (Å²) in [5.41, 5.74) is 0. The predicted octanol–water partition coefficient (Wildman–Crippen LogP) is 0.903. The largest absolute Gasteiger partial charge is 0.411 e. The first kappa shape index (κ1) is 24.9. The Balaban J connectivity index is 2.32. The van der Waals surface area contributed by atoms with E-state index in [2.05, 4.69) is 15.0 Å². The first-order valence-electron chi connectivity index (χ1n) is 9.24. The smallest absolute Gasteiger partial charge is 0.378 e. The van der Waals surface area contributed by atoms with E-state index in [1.165, 1.54) is 4.31 Å². The molecule has 0 saturated carbocycles. The van der Waals surface area contributed by atoms with E-state index in [1.807, 2.05) is 18.7 Å². The van der Waals surface area contributed by atoms with E-state index in [1.54, 1.807) is 7.05 Å². The number of sulfonamides is 1. The fraction of sp³-hybridized carbons (Fsp3) is 0.938. The van der Waals surface area contributed by atoms with E-state index in [9.17, 15) is 21.6 Å². The molecule has 0 radical (unpaired) electrons. The van der Waals surface area contributed by atoms with Crippen LogP contribution in [0.2, 0.25) is 0 Å². The van der Waals surface area contributed by atoms with Gasteiger partial charge in [0.05, 0.1) is 18.5 Å². The molecular formula is C16H31F3N4O4S. The van der Waals surface area contributed by atoms with Gasteiger partial charge in [0.2, 0.25) is 10.0 Å². The number of ether oxygens (including phenoxy) is 2. The van der Waals surface area contributed by atoms with Gasteiger partial charge in [0.25, 0.3) is 0 Å². The average Bonchev–Trinajstić information content (AvgIpc) is 2.60. The van der Waals surface area contributed by atoms with Crippen molar-refractivity contribution in [2.45, 2.75) is 32.5 Å². The molecule has 0 bridgehead atoms. The molecule has 166 valence electrons. The summed E-state index contributed by atoms with van der Waals surface area (Å²) in [6.45, 7) is 4.69. The summed E-state index contributed by atoms with van der Waals surface area (Å²) in [5, 5.41) is 3.06. The molecule has 0 amide bonds. The summed E-state index contributed by atoms with van der Waals surface area (Å²) in [6, 6.07) is 0. The van der Waals surface area contributed by atoms with E-state index in [-0.39, 0.29) is 25.1 Å². The zero-order valence-electron chi connectivity index (χ0n) is 16.7. The van der Waals surface area contributed by atoms with Crippen molar-refractivity contribution in [3.8, 4) is 0 Å². The van der Waals surface area contributed by atoms with Gasteiger partial charge in [-0.1, -0.05) is 0 Å². The molecule has 1 heterocycles. The molecule has 8 nitrogen and oxygen atoms in total. The predicted molar refractivity (Wildman–Crippen MR) is 101 cm³/mol. The van der Waals surface area contributed by atoms with Crippen LogP contribution in [0.3, 0.4) is 0 Å². The van der Waals surface area contributed by atoms with E-state index in [0.717, 1.165) is 0 Å². The number of nitrogens with one attached hydrogen (secondary N) is 1. The van der Waals surface area contributed by atoms with Crippen LogP contribution in [-0.4, -0.2) is 101 Å². The third-order valence-corrected chi connectivity index (χ3v) is 5.78. The standard InChI is InChI=1S/C16H31F3N4O4S/c1-14(2)27-11-12-28(24,25)23-8-6-22(7-9-23)15(20-3)21-5-4-10-26-13-16(17,18)19/h14H,4-13H2,1-3H3,(H,20,21). The molecule has 0 unspecified atom stereocenters.